The van der Waals surface area contributed by atoms with E-state index in [-0.39, 0.29) is 0 Å². The molecule has 4 nitrogen and oxygen atoms in total. The topological polar surface area (TPSA) is 39.9 Å². The number of thioether (sulfide) groups is 1. The summed E-state index contributed by atoms with van der Waals surface area (Å²) in [6, 6.07) is 0.666. The second-order valence-electron chi connectivity index (χ2n) is 3.30. The molecule has 1 aliphatic rings. The highest BCUT2D eigenvalue weighted by Crippen LogP contribution is 2.37. The van der Waals surface area contributed by atoms with Crippen LogP contribution in [0.4, 0.5) is 0 Å². The van der Waals surface area contributed by atoms with Crippen molar-refractivity contribution in [1.82, 2.24) is 14.8 Å². The zero-order valence-corrected chi connectivity index (χ0v) is 9.16. The van der Waals surface area contributed by atoms with E-state index in [9.17, 15) is 0 Å². The van der Waals surface area contributed by atoms with Gasteiger partial charge in [-0.15, -0.1) is 10.2 Å². The lowest BCUT2D eigenvalue weighted by Crippen LogP contribution is -1.99. The molecule has 0 N–H and O–H groups in total. The third-order valence-corrected chi connectivity index (χ3v) is 3.06. The van der Waals surface area contributed by atoms with Crippen LogP contribution in [0.1, 0.15) is 25.8 Å². The summed E-state index contributed by atoms with van der Waals surface area (Å²) < 4.78 is 7.45. The lowest BCUT2D eigenvalue weighted by atomic mass is 10.7. The summed E-state index contributed by atoms with van der Waals surface area (Å²) in [4.78, 5) is 0. The van der Waals surface area contributed by atoms with Crippen LogP contribution in [0.5, 0.6) is 0 Å². The van der Waals surface area contributed by atoms with Crippen molar-refractivity contribution in [3.63, 3.8) is 0 Å². The maximum Gasteiger partial charge on any atom is 0.191 e. The fraction of sp³-hybridized carbons (Fsp3) is 0.778. The molecule has 0 aliphatic heterocycles. The molecule has 0 radical (unpaired) electrons. The van der Waals surface area contributed by atoms with Gasteiger partial charge in [-0.2, -0.15) is 0 Å². The van der Waals surface area contributed by atoms with Gasteiger partial charge >= 0.3 is 0 Å². The van der Waals surface area contributed by atoms with Crippen molar-refractivity contribution >= 4 is 11.8 Å². The van der Waals surface area contributed by atoms with Gasteiger partial charge in [0.05, 0.1) is 6.61 Å². The molecular weight excluding hydrogens is 198 g/mol. The number of nitrogens with zero attached hydrogens (tertiary/aromatic N) is 3. The summed E-state index contributed by atoms with van der Waals surface area (Å²) in [5.74, 6) is 0.958. The van der Waals surface area contributed by atoms with Crippen molar-refractivity contribution in [2.75, 3.05) is 19.0 Å². The predicted molar refractivity (Wildman–Crippen MR) is 55.5 cm³/mol. The molecule has 0 amide bonds. The molecule has 2 rings (SSSR count). The van der Waals surface area contributed by atoms with Gasteiger partial charge in [0.15, 0.2) is 5.16 Å². The van der Waals surface area contributed by atoms with E-state index in [0.29, 0.717) is 6.04 Å². The van der Waals surface area contributed by atoms with E-state index in [2.05, 4.69) is 14.8 Å². The summed E-state index contributed by atoms with van der Waals surface area (Å²) in [5, 5.41) is 9.06. The number of ether oxygens (including phenoxy) is 1. The van der Waals surface area contributed by atoms with Crippen LogP contribution in [0.2, 0.25) is 0 Å². The number of aromatic nitrogens is 3. The molecule has 0 bridgehead atoms. The minimum atomic E-state index is 0.666. The van der Waals surface area contributed by atoms with E-state index >= 15 is 0 Å². The highest BCUT2D eigenvalue weighted by atomic mass is 32.2. The molecule has 1 aromatic rings. The number of rotatable bonds is 6. The molecule has 1 aliphatic carbocycles. The molecule has 0 aromatic carbocycles. The Morgan fingerprint density at radius 3 is 3.21 bits per heavy atom. The minimum absolute atomic E-state index is 0.666. The first kappa shape index (κ1) is 9.98. The van der Waals surface area contributed by atoms with Gasteiger partial charge in [0.1, 0.15) is 6.33 Å². The van der Waals surface area contributed by atoms with Crippen LogP contribution in [0.25, 0.3) is 0 Å². The molecule has 0 spiro atoms. The van der Waals surface area contributed by atoms with Gasteiger partial charge in [0.2, 0.25) is 0 Å². The van der Waals surface area contributed by atoms with Gasteiger partial charge < -0.3 is 9.30 Å². The first-order valence-corrected chi connectivity index (χ1v) is 6.00. The van der Waals surface area contributed by atoms with Crippen LogP contribution in [0.3, 0.4) is 0 Å². The summed E-state index contributed by atoms with van der Waals surface area (Å²) in [6.45, 7) is 3.59. The molecule has 0 atom stereocenters. The van der Waals surface area contributed by atoms with Crippen molar-refractivity contribution < 1.29 is 4.74 Å². The average Bonchev–Trinajstić information content (AvgIpc) is 2.94. The van der Waals surface area contributed by atoms with Crippen molar-refractivity contribution in [2.24, 2.45) is 0 Å². The molecule has 14 heavy (non-hydrogen) atoms. The first-order valence-electron chi connectivity index (χ1n) is 5.02. The summed E-state index contributed by atoms with van der Waals surface area (Å²) >= 11 is 1.73. The van der Waals surface area contributed by atoms with Gasteiger partial charge in [0, 0.05) is 18.4 Å². The Kier molecular flexibility index (Phi) is 3.42. The van der Waals surface area contributed by atoms with Crippen molar-refractivity contribution in [2.45, 2.75) is 31.0 Å². The maximum atomic E-state index is 5.27. The van der Waals surface area contributed by atoms with Gasteiger partial charge in [0.25, 0.3) is 0 Å². The fourth-order valence-corrected chi connectivity index (χ4v) is 2.11. The van der Waals surface area contributed by atoms with Crippen LogP contribution in [0, 0.1) is 0 Å². The number of hydrogen-bond acceptors (Lipinski definition) is 4. The summed E-state index contributed by atoms with van der Waals surface area (Å²) in [7, 11) is 0. The monoisotopic (exact) mass is 213 g/mol. The zero-order chi connectivity index (χ0) is 9.80. The minimum Gasteiger partial charge on any atom is -0.381 e. The molecule has 1 heterocycles. The van der Waals surface area contributed by atoms with Crippen LogP contribution < -0.4 is 0 Å². The highest BCUT2D eigenvalue weighted by Gasteiger charge is 2.25. The average molecular weight is 213 g/mol. The molecule has 0 unspecified atom stereocenters. The van der Waals surface area contributed by atoms with Crippen molar-refractivity contribution in [3.05, 3.63) is 6.33 Å². The van der Waals surface area contributed by atoms with E-state index < -0.39 is 0 Å². The summed E-state index contributed by atoms with van der Waals surface area (Å²) in [6.07, 6.45) is 4.38. The second-order valence-corrected chi connectivity index (χ2v) is 4.36. The van der Waals surface area contributed by atoms with Crippen molar-refractivity contribution in [1.29, 1.82) is 0 Å². The quantitative estimate of drug-likeness (QED) is 0.533. The second kappa shape index (κ2) is 4.79. The standard InChI is InChI=1S/C9H15N3OS/c1-2-13-5-6-14-9-11-10-7-12(9)8-3-4-8/h7-8H,2-6H2,1H3. The Hall–Kier alpha value is -0.550. The third-order valence-electron chi connectivity index (χ3n) is 2.14. The Labute approximate surface area is 88.0 Å². The fourth-order valence-electron chi connectivity index (χ4n) is 1.27. The van der Waals surface area contributed by atoms with Crippen LogP contribution in [-0.4, -0.2) is 33.7 Å². The van der Waals surface area contributed by atoms with Crippen LogP contribution >= 0.6 is 11.8 Å². The zero-order valence-electron chi connectivity index (χ0n) is 8.35. The molecule has 0 saturated heterocycles. The lowest BCUT2D eigenvalue weighted by Gasteiger charge is -2.03. The van der Waals surface area contributed by atoms with Gasteiger partial charge in [-0.05, 0) is 19.8 Å². The molecule has 1 fully saturated rings. The smallest absolute Gasteiger partial charge is 0.191 e. The summed E-state index contributed by atoms with van der Waals surface area (Å²) in [5.41, 5.74) is 0. The van der Waals surface area contributed by atoms with E-state index in [1.165, 1.54) is 12.8 Å². The molecule has 5 heteroatoms. The number of hydrogen-bond donors (Lipinski definition) is 0. The lowest BCUT2D eigenvalue weighted by molar-refractivity contribution is 0.164. The van der Waals surface area contributed by atoms with E-state index in [0.717, 1.165) is 24.1 Å². The third kappa shape index (κ3) is 2.48. The first-order chi connectivity index (χ1) is 6.92. The van der Waals surface area contributed by atoms with Gasteiger partial charge in [-0.25, -0.2) is 0 Å². The Bertz CT molecular complexity index is 285. The van der Waals surface area contributed by atoms with E-state index in [4.69, 9.17) is 4.74 Å². The SMILES string of the molecule is CCOCCSc1nncn1C1CC1. The molecule has 1 aromatic heterocycles. The largest absolute Gasteiger partial charge is 0.381 e. The molecule has 1 saturated carbocycles. The van der Waals surface area contributed by atoms with Crippen LogP contribution in [0.15, 0.2) is 11.5 Å². The van der Waals surface area contributed by atoms with Gasteiger partial charge in [-0.3, -0.25) is 0 Å². The predicted octanol–water partition coefficient (Wildman–Crippen LogP) is 1.74. The molecular formula is C9H15N3OS. The Morgan fingerprint density at radius 1 is 1.64 bits per heavy atom. The highest BCUT2D eigenvalue weighted by molar-refractivity contribution is 7.99. The maximum absolute atomic E-state index is 5.27. The normalized spacial score (nSPS) is 16.1. The molecule has 78 valence electrons. The van der Waals surface area contributed by atoms with E-state index in [1.54, 1.807) is 11.8 Å². The van der Waals surface area contributed by atoms with Gasteiger partial charge in [-0.1, -0.05) is 11.8 Å². The van der Waals surface area contributed by atoms with E-state index in [1.807, 2.05) is 13.3 Å². The van der Waals surface area contributed by atoms with Crippen LogP contribution in [-0.2, 0) is 4.74 Å². The van der Waals surface area contributed by atoms with Crippen molar-refractivity contribution in [3.8, 4) is 0 Å². The Morgan fingerprint density at radius 2 is 2.50 bits per heavy atom. The Balaban J connectivity index is 1.80.